The summed E-state index contributed by atoms with van der Waals surface area (Å²) in [5.74, 6) is 4.07. The van der Waals surface area contributed by atoms with Crippen LogP contribution in [0.1, 0.15) is 112 Å². The van der Waals surface area contributed by atoms with E-state index in [-0.39, 0.29) is 60.5 Å². The minimum Gasteiger partial charge on any atom is -0.379 e. The van der Waals surface area contributed by atoms with E-state index in [2.05, 4.69) is 39.3 Å². The van der Waals surface area contributed by atoms with Crippen molar-refractivity contribution in [1.29, 1.82) is 0 Å². The summed E-state index contributed by atoms with van der Waals surface area (Å²) < 4.78 is 28.6. The van der Waals surface area contributed by atoms with Crippen LogP contribution in [-0.4, -0.2) is 173 Å². The monoisotopic (exact) mass is 977 g/mol. The number of imidazole rings is 1. The van der Waals surface area contributed by atoms with E-state index in [4.69, 9.17) is 29.6 Å². The molecule has 3 rings (SSSR count). The van der Waals surface area contributed by atoms with Gasteiger partial charge in [0.1, 0.15) is 5.82 Å². The molecule has 396 valence electrons. The number of rotatable bonds is 32. The van der Waals surface area contributed by atoms with Gasteiger partial charge in [-0.25, -0.2) is 10.9 Å². The standard InChI is InChI=1S/C46H78N8O10.C3H8.C2H6/c1-10-33(4)42(53(7)40(56)31-50-46(58)41(32(2)3)52(6)21-22-61-23-24-62-25-26-63-27-28-64-47)38(59-8)30-39(55)54-20-14-17-37(54)43(60-9)34(5)45(57)51-36(44-48-18-19-49-44)29-35-15-12-11-13-16-35;1-3-2;1-2/h11-13,15-16,18-19,32-34,36-38,41-43H,10,14,17,20-31,47H2,1-9H3,(H,48,49)(H,50,58)(H,51,57);3H2,1-2H3;1-2H3. The number of ether oxygens (including phenoxy) is 5. The summed E-state index contributed by atoms with van der Waals surface area (Å²) in [6.45, 7) is 21.7. The second kappa shape index (κ2) is 36.9. The molecule has 1 fully saturated rings. The van der Waals surface area contributed by atoms with Gasteiger partial charge in [-0.2, -0.15) is 0 Å². The highest BCUT2D eigenvalue weighted by Crippen LogP contribution is 2.30. The first-order valence-corrected chi connectivity index (χ1v) is 25.2. The van der Waals surface area contributed by atoms with Gasteiger partial charge in [-0.15, -0.1) is 0 Å². The molecule has 0 radical (unpaired) electrons. The van der Waals surface area contributed by atoms with E-state index in [9.17, 15) is 19.2 Å². The maximum absolute atomic E-state index is 14.3. The summed E-state index contributed by atoms with van der Waals surface area (Å²) in [6, 6.07) is 8.23. The number of nitrogens with zero attached hydrogens (tertiary/aromatic N) is 4. The fourth-order valence-electron chi connectivity index (χ4n) is 8.56. The Morgan fingerprint density at radius 2 is 1.49 bits per heavy atom. The smallest absolute Gasteiger partial charge is 0.242 e. The average molecular weight is 977 g/mol. The van der Waals surface area contributed by atoms with Gasteiger partial charge in [0.15, 0.2) is 0 Å². The minimum atomic E-state index is -0.633. The van der Waals surface area contributed by atoms with E-state index in [1.54, 1.807) is 38.6 Å². The largest absolute Gasteiger partial charge is 0.379 e. The lowest BCUT2D eigenvalue weighted by Crippen LogP contribution is -2.55. The van der Waals surface area contributed by atoms with E-state index >= 15 is 0 Å². The molecular weight excluding hydrogens is 885 g/mol. The predicted molar refractivity (Wildman–Crippen MR) is 270 cm³/mol. The van der Waals surface area contributed by atoms with Gasteiger partial charge < -0.3 is 53.9 Å². The lowest BCUT2D eigenvalue weighted by molar-refractivity contribution is -0.146. The number of amides is 4. The summed E-state index contributed by atoms with van der Waals surface area (Å²) in [7, 11) is 6.70. The number of nitrogens with one attached hydrogen (secondary N) is 3. The molecule has 2 heterocycles. The summed E-state index contributed by atoms with van der Waals surface area (Å²) >= 11 is 0. The summed E-state index contributed by atoms with van der Waals surface area (Å²) in [5.41, 5.74) is 1.06. The Balaban J connectivity index is 0.00000457. The van der Waals surface area contributed by atoms with Gasteiger partial charge in [-0.1, -0.05) is 105 Å². The van der Waals surface area contributed by atoms with Crippen LogP contribution >= 0.6 is 0 Å². The molecule has 18 nitrogen and oxygen atoms in total. The van der Waals surface area contributed by atoms with E-state index in [1.807, 2.05) is 95.6 Å². The summed E-state index contributed by atoms with van der Waals surface area (Å²) in [6.07, 6.45) is 6.18. The average Bonchev–Trinajstić information content (AvgIpc) is 4.07. The Hall–Kier alpha value is -4.01. The third kappa shape index (κ3) is 22.3. The molecule has 0 saturated carbocycles. The molecule has 1 aromatic carbocycles. The molecule has 1 aliphatic heterocycles. The Morgan fingerprint density at radius 1 is 0.884 bits per heavy atom. The van der Waals surface area contributed by atoms with Crippen molar-refractivity contribution >= 4 is 23.6 Å². The number of methoxy groups -OCH3 is 2. The zero-order chi connectivity index (χ0) is 51.7. The molecule has 5 N–H and O–H groups in total. The number of carbonyl (C=O) groups excluding carboxylic acids is 4. The van der Waals surface area contributed by atoms with E-state index in [0.29, 0.717) is 78.0 Å². The molecule has 4 amide bonds. The molecule has 1 aliphatic rings. The molecule has 1 aromatic heterocycles. The van der Waals surface area contributed by atoms with Crippen LogP contribution in [0.3, 0.4) is 0 Å². The predicted octanol–water partition coefficient (Wildman–Crippen LogP) is 5.19. The lowest BCUT2D eigenvalue weighted by atomic mass is 9.90. The lowest BCUT2D eigenvalue weighted by Gasteiger charge is -2.39. The normalized spacial score (nSPS) is 16.5. The van der Waals surface area contributed by atoms with Gasteiger partial charge in [0, 0.05) is 46.8 Å². The Morgan fingerprint density at radius 3 is 2.03 bits per heavy atom. The number of nitrogens with two attached hydrogens (primary N) is 1. The third-order valence-electron chi connectivity index (χ3n) is 12.2. The molecule has 0 aliphatic carbocycles. The van der Waals surface area contributed by atoms with Gasteiger partial charge in [0.2, 0.25) is 23.6 Å². The zero-order valence-electron chi connectivity index (χ0n) is 44.5. The highest BCUT2D eigenvalue weighted by molar-refractivity contribution is 5.88. The number of likely N-dealkylation sites (tertiary alicyclic amines) is 1. The van der Waals surface area contributed by atoms with Gasteiger partial charge in [-0.3, -0.25) is 24.1 Å². The maximum Gasteiger partial charge on any atom is 0.242 e. The Bertz CT molecular complexity index is 1640. The fourth-order valence-corrected chi connectivity index (χ4v) is 8.56. The van der Waals surface area contributed by atoms with Crippen molar-refractivity contribution in [2.75, 3.05) is 94.2 Å². The zero-order valence-corrected chi connectivity index (χ0v) is 44.5. The van der Waals surface area contributed by atoms with E-state index < -0.39 is 30.2 Å². The van der Waals surface area contributed by atoms with Gasteiger partial charge in [-0.05, 0) is 43.7 Å². The topological polar surface area (TPSA) is 212 Å². The number of hydrogen-bond acceptors (Lipinski definition) is 13. The molecule has 69 heavy (non-hydrogen) atoms. The Kier molecular flexibility index (Phi) is 33.7. The Labute approximate surface area is 414 Å². The van der Waals surface area contributed by atoms with Crippen LogP contribution in [-0.2, 0) is 54.1 Å². The van der Waals surface area contributed by atoms with Crippen molar-refractivity contribution in [3.63, 3.8) is 0 Å². The van der Waals surface area contributed by atoms with Crippen molar-refractivity contribution in [3.8, 4) is 0 Å². The maximum atomic E-state index is 14.3. The first kappa shape index (κ1) is 63.0. The molecule has 0 spiro atoms. The van der Waals surface area contributed by atoms with Crippen LogP contribution < -0.4 is 16.5 Å². The first-order valence-electron chi connectivity index (χ1n) is 25.2. The van der Waals surface area contributed by atoms with E-state index in [1.165, 1.54) is 6.42 Å². The van der Waals surface area contributed by atoms with E-state index in [0.717, 1.165) is 18.4 Å². The molecule has 8 unspecified atom stereocenters. The number of carbonyl (C=O) groups is 4. The van der Waals surface area contributed by atoms with Gasteiger partial charge in [0.05, 0.1) is 102 Å². The number of aromatic nitrogens is 2. The highest BCUT2D eigenvalue weighted by Gasteiger charge is 2.42. The number of benzene rings is 1. The van der Waals surface area contributed by atoms with Crippen LogP contribution in [0.4, 0.5) is 0 Å². The van der Waals surface area contributed by atoms with Crippen LogP contribution in [0, 0.1) is 17.8 Å². The number of aromatic amines is 1. The van der Waals surface area contributed by atoms with Crippen molar-refractivity contribution < 1.29 is 47.7 Å². The summed E-state index contributed by atoms with van der Waals surface area (Å²) in [4.78, 5) is 72.9. The van der Waals surface area contributed by atoms with Crippen molar-refractivity contribution in [3.05, 3.63) is 54.1 Å². The molecule has 2 aromatic rings. The highest BCUT2D eigenvalue weighted by atomic mass is 16.6. The summed E-state index contributed by atoms with van der Waals surface area (Å²) in [5, 5.41) is 6.06. The van der Waals surface area contributed by atoms with Gasteiger partial charge >= 0.3 is 0 Å². The number of likely N-dealkylation sites (N-methyl/N-ethyl adjacent to an activating group) is 2. The minimum absolute atomic E-state index is 0.0224. The van der Waals surface area contributed by atoms with Crippen LogP contribution in [0.2, 0.25) is 0 Å². The molecule has 1 saturated heterocycles. The van der Waals surface area contributed by atoms with Crippen LogP contribution in [0.25, 0.3) is 0 Å². The quantitative estimate of drug-likeness (QED) is 0.0551. The van der Waals surface area contributed by atoms with Crippen LogP contribution in [0.5, 0.6) is 0 Å². The second-order valence-electron chi connectivity index (χ2n) is 17.7. The number of hydrogen-bond donors (Lipinski definition) is 4. The SMILES string of the molecule is CC.CCC.CCC(C)C(C(CC(=O)N1CCCC1C(OC)C(C)C(=O)NC(Cc1ccccc1)c1ncc[nH]1)OC)N(C)C(=O)CNC(=O)C(C(C)C)N(C)CCOCCOCCOCCON. The molecule has 8 atom stereocenters. The first-order chi connectivity index (χ1) is 33.2. The number of H-pyrrole nitrogens is 1. The molecular formula is C51H92N8O10. The second-order valence-corrected chi connectivity index (χ2v) is 17.7. The van der Waals surface area contributed by atoms with Crippen LogP contribution in [0.15, 0.2) is 42.7 Å². The van der Waals surface area contributed by atoms with Crippen molar-refractivity contribution in [2.45, 2.75) is 137 Å². The molecule has 0 bridgehead atoms. The molecule has 18 heteroatoms. The van der Waals surface area contributed by atoms with Crippen molar-refractivity contribution in [2.24, 2.45) is 23.7 Å². The van der Waals surface area contributed by atoms with Crippen molar-refractivity contribution in [1.82, 2.24) is 35.3 Å². The van der Waals surface area contributed by atoms with Gasteiger partial charge in [0.25, 0.3) is 0 Å². The third-order valence-corrected chi connectivity index (χ3v) is 12.2. The fraction of sp³-hybridized carbons (Fsp3) is 0.745.